The Labute approximate surface area is 128 Å². The van der Waals surface area contributed by atoms with Crippen molar-refractivity contribution in [1.82, 2.24) is 4.31 Å². The number of carbonyl (C=O) groups is 1. The average Bonchev–Trinajstić information content (AvgIpc) is 2.40. The van der Waals surface area contributed by atoms with E-state index in [1.807, 2.05) is 13.8 Å². The van der Waals surface area contributed by atoms with E-state index < -0.39 is 37.3 Å². The van der Waals surface area contributed by atoms with E-state index in [2.05, 4.69) is 0 Å². The molecule has 118 valence electrons. The van der Waals surface area contributed by atoms with Gasteiger partial charge in [0.1, 0.15) is 5.82 Å². The number of carboxylic acids is 1. The van der Waals surface area contributed by atoms with Crippen molar-refractivity contribution in [3.8, 4) is 0 Å². The second kappa shape index (κ2) is 7.20. The minimum atomic E-state index is -3.95. The summed E-state index contributed by atoms with van der Waals surface area (Å²) in [5.74, 6) is -2.54. The van der Waals surface area contributed by atoms with Gasteiger partial charge in [-0.05, 0) is 25.0 Å². The van der Waals surface area contributed by atoms with Gasteiger partial charge in [-0.25, -0.2) is 17.6 Å². The first-order chi connectivity index (χ1) is 9.75. The second-order valence-corrected chi connectivity index (χ2v) is 6.79. The molecule has 0 heterocycles. The second-order valence-electron chi connectivity index (χ2n) is 4.48. The van der Waals surface area contributed by atoms with Crippen molar-refractivity contribution in [2.75, 3.05) is 13.1 Å². The van der Waals surface area contributed by atoms with Crippen molar-refractivity contribution in [2.45, 2.75) is 31.6 Å². The number of benzene rings is 1. The van der Waals surface area contributed by atoms with E-state index in [0.29, 0.717) is 12.8 Å². The minimum absolute atomic E-state index is 0.281. The Morgan fingerprint density at radius 2 is 1.81 bits per heavy atom. The molecule has 5 nitrogen and oxygen atoms in total. The van der Waals surface area contributed by atoms with Crippen LogP contribution in [0.4, 0.5) is 4.39 Å². The molecule has 0 saturated heterocycles. The fraction of sp³-hybridized carbons (Fsp3) is 0.462. The molecule has 1 N–H and O–H groups in total. The Hall–Kier alpha value is -1.18. The number of aromatic carboxylic acids is 1. The van der Waals surface area contributed by atoms with Crippen molar-refractivity contribution < 1.29 is 22.7 Å². The number of halogens is 2. The van der Waals surface area contributed by atoms with Gasteiger partial charge in [-0.3, -0.25) is 0 Å². The van der Waals surface area contributed by atoms with Crippen LogP contribution in [0, 0.1) is 5.82 Å². The van der Waals surface area contributed by atoms with Crippen LogP contribution in [0.1, 0.15) is 37.0 Å². The Bertz CT molecular complexity index is 627. The number of hydrogen-bond donors (Lipinski definition) is 1. The van der Waals surface area contributed by atoms with Crippen molar-refractivity contribution in [3.63, 3.8) is 0 Å². The summed E-state index contributed by atoms with van der Waals surface area (Å²) in [5.41, 5.74) is -0.566. The first-order valence-corrected chi connectivity index (χ1v) is 8.30. The summed E-state index contributed by atoms with van der Waals surface area (Å²) in [7, 11) is -3.95. The van der Waals surface area contributed by atoms with E-state index in [-0.39, 0.29) is 13.1 Å². The van der Waals surface area contributed by atoms with Crippen LogP contribution in [0.15, 0.2) is 17.0 Å². The lowest BCUT2D eigenvalue weighted by Crippen LogP contribution is -2.32. The lowest BCUT2D eigenvalue weighted by atomic mass is 10.2. The van der Waals surface area contributed by atoms with E-state index >= 15 is 0 Å². The molecule has 0 atom stereocenters. The molecule has 1 rings (SSSR count). The molecule has 0 bridgehead atoms. The smallest absolute Gasteiger partial charge is 0.337 e. The van der Waals surface area contributed by atoms with Crippen molar-refractivity contribution in [1.29, 1.82) is 0 Å². The van der Waals surface area contributed by atoms with Crippen molar-refractivity contribution in [2.24, 2.45) is 0 Å². The highest BCUT2D eigenvalue weighted by Gasteiger charge is 2.26. The predicted octanol–water partition coefficient (Wildman–Crippen LogP) is 2.99. The quantitative estimate of drug-likeness (QED) is 0.830. The van der Waals surface area contributed by atoms with Gasteiger partial charge >= 0.3 is 5.97 Å². The normalized spacial score (nSPS) is 11.9. The first kappa shape index (κ1) is 17.9. The maximum atomic E-state index is 13.7. The fourth-order valence-corrected chi connectivity index (χ4v) is 3.72. The van der Waals surface area contributed by atoms with Gasteiger partial charge < -0.3 is 5.11 Å². The van der Waals surface area contributed by atoms with Gasteiger partial charge in [-0.2, -0.15) is 4.31 Å². The highest BCUT2D eigenvalue weighted by atomic mass is 35.5. The molecule has 0 aliphatic heterocycles. The Balaban J connectivity index is 3.40. The largest absolute Gasteiger partial charge is 0.478 e. The standard InChI is InChI=1S/C13H17ClFNO4S/c1-3-5-16(6-4-2)21(19,20)9-7-10(13(17)18)12(14)11(15)8-9/h7-8H,3-6H2,1-2H3,(H,17,18). The van der Waals surface area contributed by atoms with E-state index in [0.717, 1.165) is 12.1 Å². The van der Waals surface area contributed by atoms with Crippen LogP contribution in [-0.4, -0.2) is 36.9 Å². The lowest BCUT2D eigenvalue weighted by Gasteiger charge is -2.21. The van der Waals surface area contributed by atoms with Gasteiger partial charge in [0, 0.05) is 13.1 Å². The molecule has 0 aliphatic rings. The Morgan fingerprint density at radius 1 is 1.29 bits per heavy atom. The van der Waals surface area contributed by atoms with Crippen LogP contribution < -0.4 is 0 Å². The fourth-order valence-electron chi connectivity index (χ4n) is 1.87. The molecular formula is C13H17ClFNO4S. The molecule has 0 saturated carbocycles. The van der Waals surface area contributed by atoms with E-state index in [4.69, 9.17) is 16.7 Å². The van der Waals surface area contributed by atoms with Gasteiger partial charge in [0.2, 0.25) is 10.0 Å². The number of hydrogen-bond acceptors (Lipinski definition) is 3. The van der Waals surface area contributed by atoms with Crippen LogP contribution in [0.3, 0.4) is 0 Å². The van der Waals surface area contributed by atoms with Crippen LogP contribution >= 0.6 is 11.6 Å². The number of nitrogens with zero attached hydrogens (tertiary/aromatic N) is 1. The third-order valence-corrected chi connectivity index (χ3v) is 5.08. The topological polar surface area (TPSA) is 74.7 Å². The number of carboxylic acid groups (broad SMARTS) is 1. The summed E-state index contributed by atoms with van der Waals surface area (Å²) in [5, 5.41) is 8.37. The number of rotatable bonds is 7. The van der Waals surface area contributed by atoms with Gasteiger partial charge in [0.25, 0.3) is 0 Å². The first-order valence-electron chi connectivity index (χ1n) is 6.48. The molecular weight excluding hydrogens is 321 g/mol. The molecule has 21 heavy (non-hydrogen) atoms. The van der Waals surface area contributed by atoms with Gasteiger partial charge in [-0.15, -0.1) is 0 Å². The molecule has 1 aromatic carbocycles. The van der Waals surface area contributed by atoms with Gasteiger partial charge in [0.05, 0.1) is 15.5 Å². The van der Waals surface area contributed by atoms with E-state index in [9.17, 15) is 17.6 Å². The van der Waals surface area contributed by atoms with Gasteiger partial charge in [0.15, 0.2) is 0 Å². The third kappa shape index (κ3) is 3.93. The van der Waals surface area contributed by atoms with Crippen molar-refractivity contribution >= 4 is 27.6 Å². The van der Waals surface area contributed by atoms with Crippen LogP contribution in [0.5, 0.6) is 0 Å². The SMILES string of the molecule is CCCN(CCC)S(=O)(=O)c1cc(F)c(Cl)c(C(=O)O)c1. The van der Waals surface area contributed by atoms with Crippen LogP contribution in [0.25, 0.3) is 0 Å². The number of sulfonamides is 1. The molecule has 0 aliphatic carbocycles. The van der Waals surface area contributed by atoms with Crippen LogP contribution in [-0.2, 0) is 10.0 Å². The zero-order valence-electron chi connectivity index (χ0n) is 11.8. The van der Waals surface area contributed by atoms with E-state index in [1.54, 1.807) is 0 Å². The average molecular weight is 338 g/mol. The molecule has 1 aromatic rings. The highest BCUT2D eigenvalue weighted by Crippen LogP contribution is 2.26. The molecule has 0 aromatic heterocycles. The lowest BCUT2D eigenvalue weighted by molar-refractivity contribution is 0.0696. The Kier molecular flexibility index (Phi) is 6.12. The highest BCUT2D eigenvalue weighted by molar-refractivity contribution is 7.89. The third-order valence-electron chi connectivity index (χ3n) is 2.82. The molecule has 8 heteroatoms. The monoisotopic (exact) mass is 337 g/mol. The summed E-state index contributed by atoms with van der Waals surface area (Å²) in [6.45, 7) is 4.21. The van der Waals surface area contributed by atoms with Gasteiger partial charge in [-0.1, -0.05) is 25.4 Å². The Morgan fingerprint density at radius 3 is 2.24 bits per heavy atom. The molecule has 0 fully saturated rings. The van der Waals surface area contributed by atoms with E-state index in [1.165, 1.54) is 4.31 Å². The van der Waals surface area contributed by atoms with Crippen LogP contribution in [0.2, 0.25) is 5.02 Å². The minimum Gasteiger partial charge on any atom is -0.478 e. The molecule has 0 spiro atoms. The summed E-state index contributed by atoms with van der Waals surface area (Å²) in [6, 6.07) is 1.64. The zero-order chi connectivity index (χ0) is 16.2. The summed E-state index contributed by atoms with van der Waals surface area (Å²) >= 11 is 5.55. The summed E-state index contributed by atoms with van der Waals surface area (Å²) in [4.78, 5) is 10.6. The zero-order valence-corrected chi connectivity index (χ0v) is 13.3. The molecule has 0 radical (unpaired) electrons. The van der Waals surface area contributed by atoms with Crippen molar-refractivity contribution in [3.05, 3.63) is 28.5 Å². The predicted molar refractivity (Wildman–Crippen MR) is 77.7 cm³/mol. The maximum absolute atomic E-state index is 13.7. The summed E-state index contributed by atoms with van der Waals surface area (Å²) in [6.07, 6.45) is 1.20. The molecule has 0 unspecified atom stereocenters. The molecule has 0 amide bonds. The summed E-state index contributed by atoms with van der Waals surface area (Å²) < 4.78 is 39.8. The maximum Gasteiger partial charge on any atom is 0.337 e.